The summed E-state index contributed by atoms with van der Waals surface area (Å²) in [5.74, 6) is -0.243. The minimum Gasteiger partial charge on any atom is -0.394 e. The summed E-state index contributed by atoms with van der Waals surface area (Å²) in [6.45, 7) is 2.68. The zero-order valence-electron chi connectivity index (χ0n) is 52.4. The highest BCUT2D eigenvalue weighted by molar-refractivity contribution is 5.76. The van der Waals surface area contributed by atoms with Gasteiger partial charge in [0.2, 0.25) is 5.91 Å². The van der Waals surface area contributed by atoms with Crippen molar-refractivity contribution < 1.29 is 64.6 Å². The molecule has 0 bridgehead atoms. The van der Waals surface area contributed by atoms with Gasteiger partial charge in [0, 0.05) is 6.42 Å². The van der Waals surface area contributed by atoms with Crippen molar-refractivity contribution in [2.75, 3.05) is 19.8 Å². The quantitative estimate of drug-likeness (QED) is 0.0204. The van der Waals surface area contributed by atoms with E-state index in [0.29, 0.717) is 6.42 Å². The third kappa shape index (κ3) is 38.2. The van der Waals surface area contributed by atoms with Gasteiger partial charge in [-0.25, -0.2) is 0 Å². The molecule has 0 radical (unpaired) electrons. The number of allylic oxidation sites excluding steroid dienone is 15. The second-order valence-corrected chi connectivity index (χ2v) is 23.2. The molecule has 0 aromatic rings. The fourth-order valence-corrected chi connectivity index (χ4v) is 10.4. The maximum atomic E-state index is 13.3. The van der Waals surface area contributed by atoms with Crippen LogP contribution in [0.3, 0.4) is 0 Å². The van der Waals surface area contributed by atoms with Crippen molar-refractivity contribution in [3.63, 3.8) is 0 Å². The predicted molar refractivity (Wildman–Crippen MR) is 341 cm³/mol. The van der Waals surface area contributed by atoms with Gasteiger partial charge in [-0.05, 0) is 77.0 Å². The molecule has 1 amide bonds. The molecule has 0 saturated carbocycles. The molecule has 14 heteroatoms. The van der Waals surface area contributed by atoms with Crippen molar-refractivity contribution in [1.29, 1.82) is 0 Å². The number of aliphatic hydroxyl groups is 8. The molecule has 84 heavy (non-hydrogen) atoms. The summed E-state index contributed by atoms with van der Waals surface area (Å²) in [5, 5.41) is 87.2. The number of ether oxygens (including phenoxy) is 4. The molecule has 12 unspecified atom stereocenters. The van der Waals surface area contributed by atoms with E-state index in [1.807, 2.05) is 6.08 Å². The summed E-state index contributed by atoms with van der Waals surface area (Å²) in [6, 6.07) is -0.920. The largest absolute Gasteiger partial charge is 0.394 e. The highest BCUT2D eigenvalue weighted by Crippen LogP contribution is 2.30. The lowest BCUT2D eigenvalue weighted by molar-refractivity contribution is -0.359. The number of rotatable bonds is 53. The van der Waals surface area contributed by atoms with Crippen LogP contribution in [-0.4, -0.2) is 140 Å². The van der Waals surface area contributed by atoms with Crippen molar-refractivity contribution in [2.45, 2.75) is 319 Å². The Morgan fingerprint density at radius 2 is 0.821 bits per heavy atom. The Balaban J connectivity index is 1.64. The van der Waals surface area contributed by atoms with Crippen molar-refractivity contribution in [2.24, 2.45) is 0 Å². The Morgan fingerprint density at radius 1 is 0.440 bits per heavy atom. The highest BCUT2D eigenvalue weighted by atomic mass is 16.7. The van der Waals surface area contributed by atoms with Crippen molar-refractivity contribution >= 4 is 5.91 Å². The average Bonchev–Trinajstić information content (AvgIpc) is 3.23. The number of amides is 1. The van der Waals surface area contributed by atoms with Gasteiger partial charge in [0.05, 0.1) is 32.0 Å². The number of nitrogens with one attached hydrogen (secondary N) is 1. The zero-order valence-corrected chi connectivity index (χ0v) is 52.4. The number of aliphatic hydroxyl groups excluding tert-OH is 8. The average molecular weight is 1180 g/mol. The van der Waals surface area contributed by atoms with Gasteiger partial charge in [0.25, 0.3) is 0 Å². The van der Waals surface area contributed by atoms with Crippen LogP contribution in [0, 0.1) is 0 Å². The second kappa shape index (κ2) is 54.1. The van der Waals surface area contributed by atoms with E-state index < -0.39 is 86.8 Å². The van der Waals surface area contributed by atoms with Gasteiger partial charge in [0.15, 0.2) is 12.6 Å². The number of carbonyl (C=O) groups is 1. The Kier molecular flexibility index (Phi) is 49.6. The molecule has 2 aliphatic heterocycles. The van der Waals surface area contributed by atoms with Crippen LogP contribution in [0.15, 0.2) is 97.2 Å². The lowest BCUT2D eigenvalue weighted by atomic mass is 9.97. The lowest BCUT2D eigenvalue weighted by Crippen LogP contribution is -2.65. The van der Waals surface area contributed by atoms with Crippen LogP contribution in [0.1, 0.15) is 245 Å². The van der Waals surface area contributed by atoms with Gasteiger partial charge in [-0.3, -0.25) is 4.79 Å². The van der Waals surface area contributed by atoms with E-state index in [2.05, 4.69) is 104 Å². The fraction of sp³-hybridized carbons (Fsp3) is 0.757. The fourth-order valence-electron chi connectivity index (χ4n) is 10.4. The third-order valence-corrected chi connectivity index (χ3v) is 15.8. The molecule has 2 aliphatic rings. The standard InChI is InChI=1S/C70H121NO13/c1-3-5-7-9-11-13-15-17-19-20-21-22-23-24-25-26-27-28-29-30-31-32-33-34-35-36-37-38-40-42-44-46-48-50-52-54-62(75)71-58(59(74)53-51-49-47-45-43-41-39-18-16-14-12-10-8-6-4-2)57-81-69-67(80)65(78)68(61(56-73)83-69)84-70-66(79)64(77)63(76)60(55-72)82-70/h5,7,11,13,17,19,21-22,24-25,27-28,30-31,51,53,58-61,63-70,72-74,76-80H,3-4,6,8-10,12,14-16,18,20,23,26,29,32-50,52,54-57H2,1-2H3,(H,71,75)/b7-5-,13-11-,19-17-,22-21-,25-24-,28-27-,31-30-,53-51+. The molecule has 0 aromatic carbocycles. The van der Waals surface area contributed by atoms with Crippen molar-refractivity contribution in [3.05, 3.63) is 97.2 Å². The number of unbranched alkanes of at least 4 members (excludes halogenated alkanes) is 26. The second-order valence-electron chi connectivity index (χ2n) is 23.2. The highest BCUT2D eigenvalue weighted by Gasteiger charge is 2.51. The first-order valence-electron chi connectivity index (χ1n) is 33.5. The van der Waals surface area contributed by atoms with Gasteiger partial charge in [-0.15, -0.1) is 0 Å². The minimum atomic E-state index is -1.79. The van der Waals surface area contributed by atoms with Crippen molar-refractivity contribution in [3.8, 4) is 0 Å². The molecule has 0 aromatic heterocycles. The summed E-state index contributed by atoms with van der Waals surface area (Å²) >= 11 is 0. The molecule has 12 atom stereocenters. The van der Waals surface area contributed by atoms with E-state index in [1.165, 1.54) is 128 Å². The van der Waals surface area contributed by atoms with Crippen LogP contribution in [0.5, 0.6) is 0 Å². The summed E-state index contributed by atoms with van der Waals surface area (Å²) in [5.41, 5.74) is 0. The molecule has 2 heterocycles. The summed E-state index contributed by atoms with van der Waals surface area (Å²) in [7, 11) is 0. The van der Waals surface area contributed by atoms with Gasteiger partial charge in [-0.1, -0.05) is 259 Å². The summed E-state index contributed by atoms with van der Waals surface area (Å²) in [4.78, 5) is 13.3. The van der Waals surface area contributed by atoms with Crippen LogP contribution in [0.4, 0.5) is 0 Å². The van der Waals surface area contributed by atoms with E-state index in [-0.39, 0.29) is 18.9 Å². The molecule has 0 spiro atoms. The van der Waals surface area contributed by atoms with E-state index >= 15 is 0 Å². The zero-order chi connectivity index (χ0) is 60.9. The normalized spacial score (nSPS) is 24.3. The van der Waals surface area contributed by atoms with Crippen LogP contribution in [-0.2, 0) is 23.7 Å². The van der Waals surface area contributed by atoms with E-state index in [1.54, 1.807) is 6.08 Å². The summed E-state index contributed by atoms with van der Waals surface area (Å²) in [6.07, 6.45) is 58.8. The number of carbonyl (C=O) groups excluding carboxylic acids is 1. The van der Waals surface area contributed by atoms with Crippen LogP contribution in [0.2, 0.25) is 0 Å². The lowest BCUT2D eigenvalue weighted by Gasteiger charge is -2.46. The van der Waals surface area contributed by atoms with E-state index in [9.17, 15) is 45.6 Å². The molecule has 9 N–H and O–H groups in total. The SMILES string of the molecule is CC/C=C\C/C=C\C/C=C\C/C=C\C/C=C\C/C=C\C/C=C\CCCCCCCCCCCCCCCC(=O)NC(COC1OC(CO)C(OC2OC(CO)C(O)C(O)C2O)C(O)C1O)C(O)/C=C/CCCCCCCCCCCCCCC. The molecule has 2 saturated heterocycles. The van der Waals surface area contributed by atoms with Gasteiger partial charge in [-0.2, -0.15) is 0 Å². The summed E-state index contributed by atoms with van der Waals surface area (Å²) < 4.78 is 22.8. The maximum Gasteiger partial charge on any atom is 0.220 e. The molecule has 14 nitrogen and oxygen atoms in total. The Morgan fingerprint density at radius 3 is 1.26 bits per heavy atom. The van der Waals surface area contributed by atoms with Gasteiger partial charge in [0.1, 0.15) is 48.8 Å². The third-order valence-electron chi connectivity index (χ3n) is 15.8. The molecular weight excluding hydrogens is 1060 g/mol. The molecule has 0 aliphatic carbocycles. The Bertz CT molecular complexity index is 1780. The first-order valence-corrected chi connectivity index (χ1v) is 33.5. The van der Waals surface area contributed by atoms with Crippen LogP contribution in [0.25, 0.3) is 0 Å². The topological polar surface area (TPSA) is 228 Å². The Hall–Kier alpha value is -3.09. The number of hydrogen-bond acceptors (Lipinski definition) is 13. The Labute approximate surface area is 509 Å². The molecule has 484 valence electrons. The maximum absolute atomic E-state index is 13.3. The molecule has 2 fully saturated rings. The van der Waals surface area contributed by atoms with Crippen molar-refractivity contribution in [1.82, 2.24) is 5.32 Å². The molecular formula is C70H121NO13. The smallest absolute Gasteiger partial charge is 0.220 e. The van der Waals surface area contributed by atoms with Crippen LogP contribution >= 0.6 is 0 Å². The predicted octanol–water partition coefficient (Wildman–Crippen LogP) is 13.0. The molecule has 2 rings (SSSR count). The first-order chi connectivity index (χ1) is 41.1. The van der Waals surface area contributed by atoms with Crippen LogP contribution < -0.4 is 5.32 Å². The van der Waals surface area contributed by atoms with E-state index in [4.69, 9.17) is 18.9 Å². The number of hydrogen-bond donors (Lipinski definition) is 9. The monoisotopic (exact) mass is 1180 g/mol. The first kappa shape index (κ1) is 77.0. The minimum absolute atomic E-state index is 0.243. The van der Waals surface area contributed by atoms with Gasteiger partial charge < -0.3 is 65.1 Å². The van der Waals surface area contributed by atoms with E-state index in [0.717, 1.165) is 89.9 Å². The van der Waals surface area contributed by atoms with Gasteiger partial charge >= 0.3 is 0 Å².